The SMILES string of the molecule is Cc1cnn(C[C@@H](C)NC[C@@H]2CCCCO2)c1. The van der Waals surface area contributed by atoms with Crippen LogP contribution in [-0.4, -0.2) is 35.1 Å². The van der Waals surface area contributed by atoms with E-state index in [9.17, 15) is 0 Å². The highest BCUT2D eigenvalue weighted by Gasteiger charge is 2.14. The number of aryl methyl sites for hydroxylation is 1. The zero-order valence-corrected chi connectivity index (χ0v) is 10.9. The minimum Gasteiger partial charge on any atom is -0.377 e. The minimum atomic E-state index is 0.408. The smallest absolute Gasteiger partial charge is 0.0699 e. The van der Waals surface area contributed by atoms with E-state index in [0.717, 1.165) is 19.7 Å². The summed E-state index contributed by atoms with van der Waals surface area (Å²) in [6.07, 6.45) is 8.11. The van der Waals surface area contributed by atoms with Crippen LogP contribution >= 0.6 is 0 Å². The van der Waals surface area contributed by atoms with Crippen molar-refractivity contribution in [2.75, 3.05) is 13.2 Å². The van der Waals surface area contributed by atoms with Crippen molar-refractivity contribution in [2.24, 2.45) is 0 Å². The van der Waals surface area contributed by atoms with Crippen molar-refractivity contribution >= 4 is 0 Å². The zero-order valence-electron chi connectivity index (χ0n) is 10.9. The van der Waals surface area contributed by atoms with Gasteiger partial charge in [-0.1, -0.05) is 0 Å². The molecule has 2 heterocycles. The number of nitrogens with one attached hydrogen (secondary N) is 1. The first kappa shape index (κ1) is 12.6. The van der Waals surface area contributed by atoms with E-state index in [1.54, 1.807) is 0 Å². The van der Waals surface area contributed by atoms with Crippen LogP contribution in [0.4, 0.5) is 0 Å². The van der Waals surface area contributed by atoms with E-state index in [4.69, 9.17) is 4.74 Å². The lowest BCUT2D eigenvalue weighted by molar-refractivity contribution is 0.0153. The van der Waals surface area contributed by atoms with E-state index in [0.29, 0.717) is 12.1 Å². The number of nitrogens with zero attached hydrogens (tertiary/aromatic N) is 2. The average molecular weight is 237 g/mol. The zero-order chi connectivity index (χ0) is 12.1. The summed E-state index contributed by atoms with van der Waals surface area (Å²) in [7, 11) is 0. The lowest BCUT2D eigenvalue weighted by Gasteiger charge is -2.24. The largest absolute Gasteiger partial charge is 0.377 e. The summed E-state index contributed by atoms with van der Waals surface area (Å²) in [6.45, 7) is 7.07. The molecule has 1 aliphatic rings. The lowest BCUT2D eigenvalue weighted by Crippen LogP contribution is -2.38. The molecule has 1 aromatic heterocycles. The highest BCUT2D eigenvalue weighted by atomic mass is 16.5. The van der Waals surface area contributed by atoms with Gasteiger partial charge >= 0.3 is 0 Å². The Morgan fingerprint density at radius 2 is 2.47 bits per heavy atom. The van der Waals surface area contributed by atoms with Crippen LogP contribution in [0.2, 0.25) is 0 Å². The molecule has 0 amide bonds. The molecule has 4 nitrogen and oxygen atoms in total. The van der Waals surface area contributed by atoms with Crippen LogP contribution in [0.25, 0.3) is 0 Å². The Hall–Kier alpha value is -0.870. The van der Waals surface area contributed by atoms with Crippen molar-refractivity contribution in [3.8, 4) is 0 Å². The van der Waals surface area contributed by atoms with Crippen LogP contribution in [-0.2, 0) is 11.3 Å². The Balaban J connectivity index is 1.68. The summed E-state index contributed by atoms with van der Waals surface area (Å²) >= 11 is 0. The molecule has 1 aliphatic heterocycles. The van der Waals surface area contributed by atoms with E-state index in [1.165, 1.54) is 24.8 Å². The average Bonchev–Trinajstić information content (AvgIpc) is 2.73. The van der Waals surface area contributed by atoms with Gasteiger partial charge in [0, 0.05) is 25.4 Å². The van der Waals surface area contributed by atoms with Gasteiger partial charge in [0.2, 0.25) is 0 Å². The molecule has 1 fully saturated rings. The fourth-order valence-corrected chi connectivity index (χ4v) is 2.21. The van der Waals surface area contributed by atoms with Gasteiger partial charge in [0.05, 0.1) is 18.8 Å². The van der Waals surface area contributed by atoms with Gasteiger partial charge in [0.25, 0.3) is 0 Å². The first-order valence-electron chi connectivity index (χ1n) is 6.58. The molecule has 0 unspecified atom stereocenters. The molecular weight excluding hydrogens is 214 g/mol. The van der Waals surface area contributed by atoms with Gasteiger partial charge in [-0.25, -0.2) is 0 Å². The Bertz CT molecular complexity index is 331. The summed E-state index contributed by atoms with van der Waals surface area (Å²) in [6, 6.07) is 0.430. The monoisotopic (exact) mass is 237 g/mol. The van der Waals surface area contributed by atoms with Crippen molar-refractivity contribution < 1.29 is 4.74 Å². The molecule has 1 aromatic rings. The van der Waals surface area contributed by atoms with Crippen LogP contribution in [0.5, 0.6) is 0 Å². The first-order valence-corrected chi connectivity index (χ1v) is 6.58. The predicted molar refractivity (Wildman–Crippen MR) is 68.0 cm³/mol. The summed E-state index contributed by atoms with van der Waals surface area (Å²) in [5.74, 6) is 0. The second kappa shape index (κ2) is 6.17. The van der Waals surface area contributed by atoms with Crippen LogP contribution in [0, 0.1) is 6.92 Å². The first-order chi connectivity index (χ1) is 8.24. The number of hydrogen-bond acceptors (Lipinski definition) is 3. The van der Waals surface area contributed by atoms with Crippen LogP contribution in [0.3, 0.4) is 0 Å². The standard InChI is InChI=1S/C13H23N3O/c1-11-7-15-16(9-11)10-12(2)14-8-13-5-3-4-6-17-13/h7,9,12-14H,3-6,8,10H2,1-2H3/t12-,13+/m1/s1. The maximum Gasteiger partial charge on any atom is 0.0699 e. The summed E-state index contributed by atoms with van der Waals surface area (Å²) in [4.78, 5) is 0. The highest BCUT2D eigenvalue weighted by molar-refractivity contribution is 4.99. The van der Waals surface area contributed by atoms with E-state index in [-0.39, 0.29) is 0 Å². The molecule has 96 valence electrons. The molecular formula is C13H23N3O. The third-order valence-electron chi connectivity index (χ3n) is 3.19. The highest BCUT2D eigenvalue weighted by Crippen LogP contribution is 2.11. The van der Waals surface area contributed by atoms with Gasteiger partial charge in [0.1, 0.15) is 0 Å². The maximum absolute atomic E-state index is 5.70. The normalized spacial score (nSPS) is 22.6. The fourth-order valence-electron chi connectivity index (χ4n) is 2.21. The summed E-state index contributed by atoms with van der Waals surface area (Å²) in [5, 5.41) is 7.82. The molecule has 1 N–H and O–H groups in total. The molecule has 0 aromatic carbocycles. The molecule has 4 heteroatoms. The van der Waals surface area contributed by atoms with Gasteiger partial charge in [0.15, 0.2) is 0 Å². The van der Waals surface area contributed by atoms with Crippen molar-refractivity contribution in [3.05, 3.63) is 18.0 Å². The molecule has 0 aliphatic carbocycles. The lowest BCUT2D eigenvalue weighted by atomic mass is 10.1. The Morgan fingerprint density at radius 1 is 1.59 bits per heavy atom. The molecule has 2 rings (SSSR count). The molecule has 1 saturated heterocycles. The number of aromatic nitrogens is 2. The van der Waals surface area contributed by atoms with Gasteiger partial charge in [-0.15, -0.1) is 0 Å². The van der Waals surface area contributed by atoms with E-state index < -0.39 is 0 Å². The Morgan fingerprint density at radius 3 is 3.12 bits per heavy atom. The molecule has 0 radical (unpaired) electrons. The second-order valence-electron chi connectivity index (χ2n) is 5.04. The van der Waals surface area contributed by atoms with E-state index in [2.05, 4.69) is 30.5 Å². The number of ether oxygens (including phenoxy) is 1. The van der Waals surface area contributed by atoms with Crippen molar-refractivity contribution in [1.82, 2.24) is 15.1 Å². The van der Waals surface area contributed by atoms with Crippen molar-refractivity contribution in [1.29, 1.82) is 0 Å². The van der Waals surface area contributed by atoms with E-state index in [1.807, 2.05) is 10.9 Å². The second-order valence-corrected chi connectivity index (χ2v) is 5.04. The van der Waals surface area contributed by atoms with Gasteiger partial charge in [-0.05, 0) is 38.7 Å². The van der Waals surface area contributed by atoms with Gasteiger partial charge in [-0.3, -0.25) is 4.68 Å². The minimum absolute atomic E-state index is 0.408. The van der Waals surface area contributed by atoms with Crippen LogP contribution in [0.1, 0.15) is 31.7 Å². The van der Waals surface area contributed by atoms with Gasteiger partial charge < -0.3 is 10.1 Å². The Labute approximate surface area is 103 Å². The third kappa shape index (κ3) is 4.13. The van der Waals surface area contributed by atoms with Gasteiger partial charge in [-0.2, -0.15) is 5.10 Å². The fraction of sp³-hybridized carbons (Fsp3) is 0.769. The Kier molecular flexibility index (Phi) is 4.57. The van der Waals surface area contributed by atoms with E-state index >= 15 is 0 Å². The van der Waals surface area contributed by atoms with Crippen LogP contribution in [0.15, 0.2) is 12.4 Å². The predicted octanol–water partition coefficient (Wildman–Crippen LogP) is 1.74. The summed E-state index contributed by atoms with van der Waals surface area (Å²) < 4.78 is 7.69. The third-order valence-corrected chi connectivity index (χ3v) is 3.19. The molecule has 2 atom stereocenters. The van der Waals surface area contributed by atoms with Crippen LogP contribution < -0.4 is 5.32 Å². The maximum atomic E-state index is 5.70. The topological polar surface area (TPSA) is 39.1 Å². The molecule has 0 bridgehead atoms. The molecule has 0 saturated carbocycles. The molecule has 17 heavy (non-hydrogen) atoms. The quantitative estimate of drug-likeness (QED) is 0.848. The number of hydrogen-bond donors (Lipinski definition) is 1. The summed E-state index contributed by atoms with van der Waals surface area (Å²) in [5.41, 5.74) is 1.22. The molecule has 0 spiro atoms. The van der Waals surface area contributed by atoms with Crippen molar-refractivity contribution in [2.45, 2.75) is 51.8 Å². The van der Waals surface area contributed by atoms with Crippen molar-refractivity contribution in [3.63, 3.8) is 0 Å². The number of rotatable bonds is 5.